The summed E-state index contributed by atoms with van der Waals surface area (Å²) in [4.78, 5) is 28.6. The van der Waals surface area contributed by atoms with Gasteiger partial charge in [-0.2, -0.15) is 0 Å². The van der Waals surface area contributed by atoms with Gasteiger partial charge in [-0.15, -0.1) is 11.3 Å². The summed E-state index contributed by atoms with van der Waals surface area (Å²) in [6, 6.07) is 14.2. The molecule has 0 fully saturated rings. The number of carbonyl (C=O) groups excluding carboxylic acids is 2. The van der Waals surface area contributed by atoms with Crippen molar-refractivity contribution in [2.75, 3.05) is 13.7 Å². The SMILES string of the molecule is COc1cccc(Oc2ccc(CNC(=O)CNC(=O)c3ccc(Br)s3)cn2)c1. The Kier molecular flexibility index (Phi) is 7.20. The van der Waals surface area contributed by atoms with E-state index in [1.165, 1.54) is 11.3 Å². The zero-order valence-corrected chi connectivity index (χ0v) is 17.9. The molecule has 0 aliphatic heterocycles. The quantitative estimate of drug-likeness (QED) is 0.517. The minimum Gasteiger partial charge on any atom is -0.497 e. The molecule has 0 unspecified atom stereocenters. The summed E-state index contributed by atoms with van der Waals surface area (Å²) < 4.78 is 11.7. The third kappa shape index (κ3) is 6.30. The maximum absolute atomic E-state index is 11.9. The predicted molar refractivity (Wildman–Crippen MR) is 114 cm³/mol. The predicted octanol–water partition coefficient (Wildman–Crippen LogP) is 3.75. The standard InChI is InChI=1S/C20H18BrN3O4S/c1-27-14-3-2-4-15(9-14)28-19-8-5-13(11-23-19)10-22-18(25)12-24-20(26)16-6-7-17(21)29-16/h2-9,11H,10,12H2,1H3,(H,22,25)(H,24,26). The van der Waals surface area contributed by atoms with Crippen LogP contribution in [0.4, 0.5) is 0 Å². The van der Waals surface area contributed by atoms with Crippen molar-refractivity contribution in [3.05, 3.63) is 69.0 Å². The molecule has 0 atom stereocenters. The number of hydrogen-bond donors (Lipinski definition) is 2. The maximum atomic E-state index is 11.9. The molecule has 0 saturated carbocycles. The second-order valence-electron chi connectivity index (χ2n) is 5.85. The molecule has 2 amide bonds. The number of halogens is 1. The van der Waals surface area contributed by atoms with Gasteiger partial charge < -0.3 is 20.1 Å². The van der Waals surface area contributed by atoms with Gasteiger partial charge >= 0.3 is 0 Å². The van der Waals surface area contributed by atoms with E-state index in [-0.39, 0.29) is 18.4 Å². The van der Waals surface area contributed by atoms with Crippen molar-refractivity contribution < 1.29 is 19.1 Å². The van der Waals surface area contributed by atoms with E-state index in [1.54, 1.807) is 37.6 Å². The highest BCUT2D eigenvalue weighted by atomic mass is 79.9. The molecule has 1 aromatic carbocycles. The Hall–Kier alpha value is -2.91. The normalized spacial score (nSPS) is 10.3. The van der Waals surface area contributed by atoms with Crippen molar-refractivity contribution in [1.82, 2.24) is 15.6 Å². The average Bonchev–Trinajstić information content (AvgIpc) is 3.18. The van der Waals surface area contributed by atoms with E-state index in [4.69, 9.17) is 9.47 Å². The second-order valence-corrected chi connectivity index (χ2v) is 8.31. The summed E-state index contributed by atoms with van der Waals surface area (Å²) in [5.74, 6) is 1.18. The molecular weight excluding hydrogens is 458 g/mol. The zero-order chi connectivity index (χ0) is 20.6. The smallest absolute Gasteiger partial charge is 0.261 e. The van der Waals surface area contributed by atoms with E-state index in [1.807, 2.05) is 24.3 Å². The van der Waals surface area contributed by atoms with Crippen LogP contribution in [0.2, 0.25) is 0 Å². The Bertz CT molecular complexity index is 991. The lowest BCUT2D eigenvalue weighted by molar-refractivity contribution is -0.120. The summed E-state index contributed by atoms with van der Waals surface area (Å²) in [5.41, 5.74) is 0.810. The van der Waals surface area contributed by atoms with Crippen LogP contribution in [0.15, 0.2) is 58.5 Å². The van der Waals surface area contributed by atoms with Gasteiger partial charge in [-0.05, 0) is 45.8 Å². The summed E-state index contributed by atoms with van der Waals surface area (Å²) in [6.07, 6.45) is 1.62. The molecule has 0 radical (unpaired) electrons. The molecule has 7 nitrogen and oxygen atoms in total. The lowest BCUT2D eigenvalue weighted by Crippen LogP contribution is -2.36. The number of ether oxygens (including phenoxy) is 2. The third-order valence-electron chi connectivity index (χ3n) is 3.76. The largest absolute Gasteiger partial charge is 0.497 e. The maximum Gasteiger partial charge on any atom is 0.261 e. The number of pyridine rings is 1. The van der Waals surface area contributed by atoms with E-state index in [0.29, 0.717) is 28.8 Å². The third-order valence-corrected chi connectivity index (χ3v) is 5.38. The number of nitrogens with zero attached hydrogens (tertiary/aromatic N) is 1. The first-order chi connectivity index (χ1) is 14.0. The molecule has 0 saturated heterocycles. The number of benzene rings is 1. The first-order valence-corrected chi connectivity index (χ1v) is 10.2. The van der Waals surface area contributed by atoms with Crippen LogP contribution in [0.3, 0.4) is 0 Å². The first kappa shape index (κ1) is 20.8. The van der Waals surface area contributed by atoms with E-state index < -0.39 is 0 Å². The van der Waals surface area contributed by atoms with Gasteiger partial charge in [-0.25, -0.2) is 4.98 Å². The van der Waals surface area contributed by atoms with Gasteiger partial charge in [-0.1, -0.05) is 12.1 Å². The molecular formula is C20H18BrN3O4S. The Morgan fingerprint density at radius 3 is 2.62 bits per heavy atom. The highest BCUT2D eigenvalue weighted by Crippen LogP contribution is 2.24. The van der Waals surface area contributed by atoms with Crippen molar-refractivity contribution >= 4 is 39.1 Å². The molecule has 3 rings (SSSR count). The molecule has 9 heteroatoms. The fraction of sp³-hybridized carbons (Fsp3) is 0.150. The molecule has 0 bridgehead atoms. The van der Waals surface area contributed by atoms with Crippen molar-refractivity contribution in [1.29, 1.82) is 0 Å². The Morgan fingerprint density at radius 2 is 1.93 bits per heavy atom. The number of methoxy groups -OCH3 is 1. The van der Waals surface area contributed by atoms with Crippen molar-refractivity contribution in [3.63, 3.8) is 0 Å². The molecule has 0 aliphatic carbocycles. The van der Waals surface area contributed by atoms with Gasteiger partial charge in [0.1, 0.15) is 11.5 Å². The van der Waals surface area contributed by atoms with E-state index in [0.717, 1.165) is 9.35 Å². The summed E-state index contributed by atoms with van der Waals surface area (Å²) in [7, 11) is 1.59. The Balaban J connectivity index is 1.44. The van der Waals surface area contributed by atoms with Crippen molar-refractivity contribution in [2.45, 2.75) is 6.54 Å². The molecule has 0 spiro atoms. The van der Waals surface area contributed by atoms with Crippen LogP contribution >= 0.6 is 27.3 Å². The van der Waals surface area contributed by atoms with Gasteiger partial charge in [0.05, 0.1) is 22.3 Å². The van der Waals surface area contributed by atoms with E-state index in [2.05, 4.69) is 31.5 Å². The highest BCUT2D eigenvalue weighted by molar-refractivity contribution is 9.11. The van der Waals surface area contributed by atoms with Crippen LogP contribution in [-0.4, -0.2) is 30.5 Å². The lowest BCUT2D eigenvalue weighted by atomic mass is 10.3. The van der Waals surface area contributed by atoms with Gasteiger partial charge in [0.25, 0.3) is 5.91 Å². The second kappa shape index (κ2) is 10.0. The van der Waals surface area contributed by atoms with Crippen molar-refractivity contribution in [2.24, 2.45) is 0 Å². The summed E-state index contributed by atoms with van der Waals surface area (Å²) in [6.45, 7) is 0.199. The van der Waals surface area contributed by atoms with E-state index >= 15 is 0 Å². The Labute approximate surface area is 180 Å². The van der Waals surface area contributed by atoms with Crippen LogP contribution in [0.1, 0.15) is 15.2 Å². The van der Waals surface area contributed by atoms with Crippen molar-refractivity contribution in [3.8, 4) is 17.4 Å². The molecule has 2 heterocycles. The Morgan fingerprint density at radius 1 is 1.10 bits per heavy atom. The number of thiophene rings is 1. The molecule has 3 aromatic rings. The number of hydrogen-bond acceptors (Lipinski definition) is 6. The van der Waals surface area contributed by atoms with Gasteiger partial charge in [0.15, 0.2) is 0 Å². The van der Waals surface area contributed by atoms with Gasteiger partial charge in [-0.3, -0.25) is 9.59 Å². The average molecular weight is 476 g/mol. The number of rotatable bonds is 8. The van der Waals surface area contributed by atoms with Gasteiger partial charge in [0.2, 0.25) is 11.8 Å². The molecule has 2 N–H and O–H groups in total. The summed E-state index contributed by atoms with van der Waals surface area (Å²) in [5, 5.41) is 5.33. The van der Waals surface area contributed by atoms with Crippen LogP contribution < -0.4 is 20.1 Å². The number of nitrogens with one attached hydrogen (secondary N) is 2. The molecule has 2 aromatic heterocycles. The first-order valence-electron chi connectivity index (χ1n) is 8.60. The number of carbonyl (C=O) groups is 2. The molecule has 0 aliphatic rings. The monoisotopic (exact) mass is 475 g/mol. The molecule has 150 valence electrons. The minimum absolute atomic E-state index is 0.0984. The van der Waals surface area contributed by atoms with Crippen LogP contribution in [0.5, 0.6) is 17.4 Å². The molecule has 29 heavy (non-hydrogen) atoms. The highest BCUT2D eigenvalue weighted by Gasteiger charge is 2.10. The lowest BCUT2D eigenvalue weighted by Gasteiger charge is -2.08. The number of amides is 2. The topological polar surface area (TPSA) is 89.5 Å². The van der Waals surface area contributed by atoms with Crippen LogP contribution in [0.25, 0.3) is 0 Å². The van der Waals surface area contributed by atoms with E-state index in [9.17, 15) is 9.59 Å². The zero-order valence-electron chi connectivity index (χ0n) is 15.5. The van der Waals surface area contributed by atoms with Crippen LogP contribution in [0, 0.1) is 0 Å². The van der Waals surface area contributed by atoms with Crippen LogP contribution in [-0.2, 0) is 11.3 Å². The van der Waals surface area contributed by atoms with Gasteiger partial charge in [0, 0.05) is 24.9 Å². The minimum atomic E-state index is -0.286. The number of aromatic nitrogens is 1. The summed E-state index contributed by atoms with van der Waals surface area (Å²) >= 11 is 4.61. The fourth-order valence-electron chi connectivity index (χ4n) is 2.31. The fourth-order valence-corrected chi connectivity index (χ4v) is 3.61.